The number of nitrogens with one attached hydrogen (secondary N) is 1. The van der Waals surface area contributed by atoms with E-state index >= 15 is 0 Å². The van der Waals surface area contributed by atoms with E-state index in [9.17, 15) is 9.59 Å². The number of benzene rings is 1. The van der Waals surface area contributed by atoms with Gasteiger partial charge in [0.2, 0.25) is 11.8 Å². The van der Waals surface area contributed by atoms with Crippen LogP contribution in [0, 0.1) is 11.3 Å². The third-order valence-corrected chi connectivity index (χ3v) is 5.40. The zero-order valence-electron chi connectivity index (χ0n) is 18.1. The molecule has 1 fully saturated rings. The van der Waals surface area contributed by atoms with Crippen molar-refractivity contribution in [3.05, 3.63) is 29.8 Å². The van der Waals surface area contributed by atoms with E-state index < -0.39 is 11.5 Å². The summed E-state index contributed by atoms with van der Waals surface area (Å²) in [5.74, 6) is 1.52. The summed E-state index contributed by atoms with van der Waals surface area (Å²) in [5, 5.41) is 2.85. The van der Waals surface area contributed by atoms with Crippen molar-refractivity contribution in [1.29, 1.82) is 0 Å². The molecule has 1 atom stereocenters. The van der Waals surface area contributed by atoms with Gasteiger partial charge in [0.15, 0.2) is 0 Å². The van der Waals surface area contributed by atoms with Gasteiger partial charge in [0.1, 0.15) is 11.8 Å². The summed E-state index contributed by atoms with van der Waals surface area (Å²) < 4.78 is 5.49. The zero-order valence-corrected chi connectivity index (χ0v) is 18.1. The first-order valence-corrected chi connectivity index (χ1v) is 10.5. The average Bonchev–Trinajstić information content (AvgIpc) is 2.66. The van der Waals surface area contributed by atoms with E-state index in [1.807, 2.05) is 44.7 Å². The van der Waals surface area contributed by atoms with Crippen LogP contribution in [0.25, 0.3) is 0 Å². The number of amides is 2. The normalized spacial score (nSPS) is 16.5. The number of aryl methyl sites for hydroxylation is 1. The van der Waals surface area contributed by atoms with E-state index in [0.29, 0.717) is 12.5 Å². The highest BCUT2D eigenvalue weighted by Gasteiger charge is 2.29. The number of nitrogens with zero attached hydrogens (tertiary/aromatic N) is 1. The largest absolute Gasteiger partial charge is 0.494 e. The van der Waals surface area contributed by atoms with E-state index in [-0.39, 0.29) is 11.8 Å². The van der Waals surface area contributed by atoms with E-state index in [2.05, 4.69) is 17.4 Å². The second-order valence-corrected chi connectivity index (χ2v) is 8.83. The zero-order chi connectivity index (χ0) is 20.7. The first kappa shape index (κ1) is 22.3. The predicted molar refractivity (Wildman–Crippen MR) is 112 cm³/mol. The van der Waals surface area contributed by atoms with E-state index in [0.717, 1.165) is 44.5 Å². The summed E-state index contributed by atoms with van der Waals surface area (Å²) in [6.07, 6.45) is 4.26. The minimum absolute atomic E-state index is 0.0302. The molecule has 0 radical (unpaired) electrons. The molecule has 156 valence electrons. The fourth-order valence-corrected chi connectivity index (χ4v) is 3.48. The van der Waals surface area contributed by atoms with Crippen LogP contribution in [-0.4, -0.2) is 42.5 Å². The van der Waals surface area contributed by atoms with Crippen molar-refractivity contribution in [3.8, 4) is 5.75 Å². The Morgan fingerprint density at radius 2 is 1.79 bits per heavy atom. The molecule has 1 unspecified atom stereocenters. The van der Waals surface area contributed by atoms with Crippen molar-refractivity contribution >= 4 is 11.8 Å². The average molecular weight is 389 g/mol. The van der Waals surface area contributed by atoms with E-state index in [4.69, 9.17) is 4.74 Å². The van der Waals surface area contributed by atoms with Gasteiger partial charge in [-0.15, -0.1) is 0 Å². The Hall–Kier alpha value is -2.04. The van der Waals surface area contributed by atoms with Crippen LogP contribution in [0.4, 0.5) is 0 Å². The number of rotatable bonds is 7. The maximum atomic E-state index is 12.6. The highest BCUT2D eigenvalue weighted by molar-refractivity contribution is 5.89. The maximum absolute atomic E-state index is 12.6. The smallest absolute Gasteiger partial charge is 0.244 e. The number of hydrogen-bond donors (Lipinski definition) is 1. The van der Waals surface area contributed by atoms with Crippen molar-refractivity contribution in [2.24, 2.45) is 11.3 Å². The fraction of sp³-hybridized carbons (Fsp3) is 0.652. The molecule has 2 rings (SSSR count). The molecule has 1 aromatic carbocycles. The summed E-state index contributed by atoms with van der Waals surface area (Å²) in [6, 6.07) is 7.89. The number of carbonyl (C=O) groups is 2. The molecule has 28 heavy (non-hydrogen) atoms. The molecule has 1 aromatic rings. The quantitative estimate of drug-likeness (QED) is 0.773. The van der Waals surface area contributed by atoms with Crippen LogP contribution >= 0.6 is 0 Å². The Morgan fingerprint density at radius 1 is 1.18 bits per heavy atom. The number of likely N-dealkylation sites (tertiary alicyclic amines) is 1. The van der Waals surface area contributed by atoms with Crippen molar-refractivity contribution < 1.29 is 14.3 Å². The third kappa shape index (κ3) is 6.54. The summed E-state index contributed by atoms with van der Waals surface area (Å²) in [7, 11) is 0. The molecule has 1 N–H and O–H groups in total. The fourth-order valence-electron chi connectivity index (χ4n) is 3.48. The highest BCUT2D eigenvalue weighted by atomic mass is 16.5. The van der Waals surface area contributed by atoms with Gasteiger partial charge in [0.25, 0.3) is 0 Å². The molecular formula is C23H36N2O3. The van der Waals surface area contributed by atoms with Crippen molar-refractivity contribution in [2.45, 2.75) is 66.3 Å². The second-order valence-electron chi connectivity index (χ2n) is 8.83. The lowest BCUT2D eigenvalue weighted by Crippen LogP contribution is -2.51. The molecule has 0 aliphatic carbocycles. The van der Waals surface area contributed by atoms with Gasteiger partial charge >= 0.3 is 0 Å². The Morgan fingerprint density at radius 3 is 2.32 bits per heavy atom. The highest BCUT2D eigenvalue weighted by Crippen LogP contribution is 2.24. The van der Waals surface area contributed by atoms with Gasteiger partial charge in [-0.1, -0.05) is 32.9 Å². The van der Waals surface area contributed by atoms with Crippen LogP contribution < -0.4 is 10.1 Å². The number of carbonyl (C=O) groups excluding carboxylic acids is 2. The maximum Gasteiger partial charge on any atom is 0.244 e. The summed E-state index contributed by atoms with van der Waals surface area (Å²) in [6.45, 7) is 11.6. The molecule has 5 nitrogen and oxygen atoms in total. The Bertz CT molecular complexity index is 641. The molecule has 1 saturated heterocycles. The molecule has 0 spiro atoms. The van der Waals surface area contributed by atoms with Crippen LogP contribution in [0.15, 0.2) is 24.3 Å². The number of ether oxygens (including phenoxy) is 1. The van der Waals surface area contributed by atoms with Crippen LogP contribution in [-0.2, 0) is 16.0 Å². The Labute approximate surface area is 169 Å². The van der Waals surface area contributed by atoms with Gasteiger partial charge in [-0.2, -0.15) is 0 Å². The molecule has 1 aliphatic heterocycles. The van der Waals surface area contributed by atoms with Gasteiger partial charge in [-0.25, -0.2) is 0 Å². The summed E-state index contributed by atoms with van der Waals surface area (Å²) in [4.78, 5) is 26.6. The molecule has 0 saturated carbocycles. The van der Waals surface area contributed by atoms with Crippen LogP contribution in [0.2, 0.25) is 0 Å². The van der Waals surface area contributed by atoms with Gasteiger partial charge in [0.05, 0.1) is 6.61 Å². The Balaban J connectivity index is 1.74. The predicted octanol–water partition coefficient (Wildman–Crippen LogP) is 3.81. The molecule has 1 heterocycles. The van der Waals surface area contributed by atoms with E-state index in [1.54, 1.807) is 6.92 Å². The van der Waals surface area contributed by atoms with Crippen molar-refractivity contribution in [3.63, 3.8) is 0 Å². The Kier molecular flexibility index (Phi) is 7.90. The molecular weight excluding hydrogens is 352 g/mol. The van der Waals surface area contributed by atoms with Gasteiger partial charge in [0, 0.05) is 18.5 Å². The van der Waals surface area contributed by atoms with Gasteiger partial charge in [-0.05, 0) is 63.1 Å². The molecule has 0 bridgehead atoms. The standard InChI is InChI=1S/C23H36N2O3/c1-6-28-20-11-9-18(10-12-20)7-8-19-13-15-25(16-14-19)21(26)17(2)24-22(27)23(3,4)5/h9-12,17,19H,6-8,13-16H2,1-5H3,(H,24,27). The van der Waals surface area contributed by atoms with Crippen LogP contribution in [0.1, 0.15) is 59.4 Å². The minimum atomic E-state index is -0.484. The second kappa shape index (κ2) is 9.94. The first-order valence-electron chi connectivity index (χ1n) is 10.5. The van der Waals surface area contributed by atoms with Crippen molar-refractivity contribution in [1.82, 2.24) is 10.2 Å². The lowest BCUT2D eigenvalue weighted by atomic mass is 9.90. The molecule has 0 aromatic heterocycles. The van der Waals surface area contributed by atoms with Crippen molar-refractivity contribution in [2.75, 3.05) is 19.7 Å². The lowest BCUT2D eigenvalue weighted by Gasteiger charge is -2.34. The monoisotopic (exact) mass is 388 g/mol. The third-order valence-electron chi connectivity index (χ3n) is 5.40. The summed E-state index contributed by atoms with van der Waals surface area (Å²) >= 11 is 0. The summed E-state index contributed by atoms with van der Waals surface area (Å²) in [5.41, 5.74) is 0.850. The minimum Gasteiger partial charge on any atom is -0.494 e. The van der Waals surface area contributed by atoms with E-state index in [1.165, 1.54) is 5.56 Å². The number of hydrogen-bond acceptors (Lipinski definition) is 3. The topological polar surface area (TPSA) is 58.6 Å². The lowest BCUT2D eigenvalue weighted by molar-refractivity contribution is -0.139. The first-order chi connectivity index (χ1) is 13.2. The molecule has 1 aliphatic rings. The van der Waals surface area contributed by atoms with Gasteiger partial charge in [-0.3, -0.25) is 9.59 Å². The molecule has 2 amide bonds. The van der Waals surface area contributed by atoms with Crippen LogP contribution in [0.3, 0.4) is 0 Å². The van der Waals surface area contributed by atoms with Crippen LogP contribution in [0.5, 0.6) is 5.75 Å². The van der Waals surface area contributed by atoms with Gasteiger partial charge < -0.3 is 15.0 Å². The molecule has 5 heteroatoms. The number of piperidine rings is 1. The SMILES string of the molecule is CCOc1ccc(CCC2CCN(C(=O)C(C)NC(=O)C(C)(C)C)CC2)cc1.